The summed E-state index contributed by atoms with van der Waals surface area (Å²) in [5.74, 6) is 0.560. The van der Waals surface area contributed by atoms with Gasteiger partial charge < -0.3 is 15.2 Å². The van der Waals surface area contributed by atoms with Crippen molar-refractivity contribution >= 4 is 23.6 Å². The van der Waals surface area contributed by atoms with Crippen LogP contribution in [-0.4, -0.2) is 47.2 Å². The van der Waals surface area contributed by atoms with Crippen LogP contribution in [0, 0.1) is 5.92 Å². The summed E-state index contributed by atoms with van der Waals surface area (Å²) in [6.45, 7) is 1.41. The van der Waals surface area contributed by atoms with Crippen molar-refractivity contribution in [2.75, 3.05) is 24.7 Å². The van der Waals surface area contributed by atoms with Crippen LogP contribution in [0.3, 0.4) is 0 Å². The minimum atomic E-state index is -1.03. The lowest BCUT2D eigenvalue weighted by Gasteiger charge is -2.27. The zero-order valence-electron chi connectivity index (χ0n) is 10.3. The Hall–Kier alpha value is -0.750. The monoisotopic (exact) mass is 273 g/mol. The number of carbonyl (C=O) groups excluding carboxylic acids is 1. The Bertz CT molecular complexity index is 322. The predicted molar refractivity (Wildman–Crippen MR) is 68.6 cm³/mol. The Labute approximate surface area is 111 Å². The molecule has 2 fully saturated rings. The molecule has 18 heavy (non-hydrogen) atoms. The number of carbonyl (C=O) groups is 2. The molecule has 102 valence electrons. The van der Waals surface area contributed by atoms with Crippen LogP contribution in [0.1, 0.15) is 25.7 Å². The molecule has 2 aliphatic rings. The average molecular weight is 273 g/mol. The minimum absolute atomic E-state index is 0.133. The summed E-state index contributed by atoms with van der Waals surface area (Å²) < 4.78 is 5.24. The third kappa shape index (κ3) is 3.17. The van der Waals surface area contributed by atoms with Crippen molar-refractivity contribution < 1.29 is 19.4 Å². The van der Waals surface area contributed by atoms with E-state index in [0.29, 0.717) is 37.7 Å². The topological polar surface area (TPSA) is 75.6 Å². The number of aliphatic carboxylic acids is 1. The van der Waals surface area contributed by atoms with E-state index in [4.69, 9.17) is 4.74 Å². The molecule has 1 amide bonds. The van der Waals surface area contributed by atoms with E-state index in [9.17, 15) is 14.7 Å². The van der Waals surface area contributed by atoms with Crippen molar-refractivity contribution in [2.24, 2.45) is 5.92 Å². The van der Waals surface area contributed by atoms with E-state index in [-0.39, 0.29) is 5.91 Å². The number of amides is 1. The Balaban J connectivity index is 1.87. The normalized spacial score (nSPS) is 29.1. The summed E-state index contributed by atoms with van der Waals surface area (Å²) >= 11 is 1.58. The summed E-state index contributed by atoms with van der Waals surface area (Å²) in [6, 6.07) is 0. The molecule has 6 heteroatoms. The molecule has 1 unspecified atom stereocenters. The third-order valence-electron chi connectivity index (χ3n) is 3.62. The molecule has 5 nitrogen and oxygen atoms in total. The number of ether oxygens (including phenoxy) is 1. The average Bonchev–Trinajstić information content (AvgIpc) is 2.80. The smallest absolute Gasteiger partial charge is 0.330 e. The fraction of sp³-hybridized carbons (Fsp3) is 0.833. The lowest BCUT2D eigenvalue weighted by Crippen LogP contribution is -2.55. The van der Waals surface area contributed by atoms with Gasteiger partial charge in [-0.05, 0) is 30.9 Å². The zero-order chi connectivity index (χ0) is 13.0. The number of carboxylic acid groups (broad SMARTS) is 1. The van der Waals surface area contributed by atoms with Crippen molar-refractivity contribution in [3.8, 4) is 0 Å². The van der Waals surface area contributed by atoms with Crippen molar-refractivity contribution in [3.05, 3.63) is 0 Å². The number of carboxylic acids is 1. The number of hydrogen-bond donors (Lipinski definition) is 2. The molecule has 2 rings (SSSR count). The molecule has 0 spiro atoms. The molecule has 2 N–H and O–H groups in total. The highest BCUT2D eigenvalue weighted by Gasteiger charge is 2.43. The summed E-state index contributed by atoms with van der Waals surface area (Å²) in [6.07, 6.45) is 2.72. The van der Waals surface area contributed by atoms with Crippen LogP contribution in [0.2, 0.25) is 0 Å². The first kappa shape index (κ1) is 13.7. The Kier molecular flexibility index (Phi) is 4.50. The van der Waals surface area contributed by atoms with Gasteiger partial charge in [-0.3, -0.25) is 4.79 Å². The summed E-state index contributed by atoms with van der Waals surface area (Å²) in [5, 5.41) is 12.0. The highest BCUT2D eigenvalue weighted by Crippen LogP contribution is 2.29. The lowest BCUT2D eigenvalue weighted by molar-refractivity contribution is -0.146. The largest absolute Gasteiger partial charge is 0.479 e. The van der Waals surface area contributed by atoms with E-state index in [1.807, 2.05) is 0 Å². The van der Waals surface area contributed by atoms with Crippen LogP contribution < -0.4 is 5.32 Å². The first-order chi connectivity index (χ1) is 8.62. The molecule has 0 bridgehead atoms. The summed E-state index contributed by atoms with van der Waals surface area (Å²) in [5.41, 5.74) is -1.03. The van der Waals surface area contributed by atoms with Crippen LogP contribution in [0.5, 0.6) is 0 Å². The van der Waals surface area contributed by atoms with Gasteiger partial charge in [0.2, 0.25) is 5.91 Å². The Morgan fingerprint density at radius 1 is 1.39 bits per heavy atom. The lowest BCUT2D eigenvalue weighted by atomic mass is 9.94. The molecule has 0 aromatic rings. The molecule has 0 aliphatic carbocycles. The minimum Gasteiger partial charge on any atom is -0.479 e. The summed E-state index contributed by atoms with van der Waals surface area (Å²) in [7, 11) is 0. The molecule has 1 atom stereocenters. The maximum Gasteiger partial charge on any atom is 0.330 e. The van der Waals surface area contributed by atoms with Gasteiger partial charge in [0, 0.05) is 25.4 Å². The molecule has 2 aliphatic heterocycles. The van der Waals surface area contributed by atoms with Crippen molar-refractivity contribution in [2.45, 2.75) is 31.2 Å². The zero-order valence-corrected chi connectivity index (χ0v) is 11.1. The molecular formula is C12H19NO4S. The fourth-order valence-corrected chi connectivity index (χ4v) is 3.74. The van der Waals surface area contributed by atoms with E-state index in [1.165, 1.54) is 0 Å². The second kappa shape index (κ2) is 5.93. The Morgan fingerprint density at radius 2 is 2.11 bits per heavy atom. The van der Waals surface area contributed by atoms with Gasteiger partial charge in [-0.2, -0.15) is 11.8 Å². The number of rotatable bonds is 4. The Morgan fingerprint density at radius 3 is 2.67 bits per heavy atom. The number of nitrogens with one attached hydrogen (secondary N) is 1. The van der Waals surface area contributed by atoms with E-state index in [2.05, 4.69) is 5.32 Å². The third-order valence-corrected chi connectivity index (χ3v) is 4.81. The van der Waals surface area contributed by atoms with Gasteiger partial charge in [-0.1, -0.05) is 0 Å². The van der Waals surface area contributed by atoms with Gasteiger partial charge in [0.1, 0.15) is 5.54 Å². The highest BCUT2D eigenvalue weighted by atomic mass is 32.2. The van der Waals surface area contributed by atoms with Crippen molar-refractivity contribution in [1.29, 1.82) is 0 Å². The van der Waals surface area contributed by atoms with Crippen LogP contribution in [0.25, 0.3) is 0 Å². The first-order valence-corrected chi connectivity index (χ1v) is 7.48. The molecule has 2 heterocycles. The van der Waals surface area contributed by atoms with Crippen LogP contribution >= 0.6 is 11.8 Å². The first-order valence-electron chi connectivity index (χ1n) is 6.32. The predicted octanol–water partition coefficient (Wildman–Crippen LogP) is 0.880. The maximum absolute atomic E-state index is 12.0. The molecule has 0 saturated carbocycles. The van der Waals surface area contributed by atoms with Crippen molar-refractivity contribution in [1.82, 2.24) is 5.32 Å². The van der Waals surface area contributed by atoms with Gasteiger partial charge >= 0.3 is 5.97 Å². The van der Waals surface area contributed by atoms with Gasteiger partial charge in [0.05, 0.1) is 0 Å². The number of thioether (sulfide) groups is 1. The number of hydrogen-bond acceptors (Lipinski definition) is 4. The molecule has 0 radical (unpaired) electrons. The molecule has 0 aromatic carbocycles. The molecule has 0 aromatic heterocycles. The summed E-state index contributed by atoms with van der Waals surface area (Å²) in [4.78, 5) is 23.3. The fourth-order valence-electron chi connectivity index (χ4n) is 2.42. The van der Waals surface area contributed by atoms with Gasteiger partial charge in [-0.25, -0.2) is 4.79 Å². The van der Waals surface area contributed by atoms with Gasteiger partial charge in [-0.15, -0.1) is 0 Å². The van der Waals surface area contributed by atoms with Crippen LogP contribution in [-0.2, 0) is 14.3 Å². The second-order valence-corrected chi connectivity index (χ2v) is 6.10. The van der Waals surface area contributed by atoms with Gasteiger partial charge in [0.15, 0.2) is 0 Å². The van der Waals surface area contributed by atoms with Crippen LogP contribution in [0.15, 0.2) is 0 Å². The standard InChI is InChI=1S/C12H19NO4S/c14-10(7-9-1-4-17-5-2-9)13-12(11(15)16)3-6-18-8-12/h9H,1-8H2,(H,13,14)(H,15,16). The second-order valence-electron chi connectivity index (χ2n) is 5.00. The quantitative estimate of drug-likeness (QED) is 0.795. The molecular weight excluding hydrogens is 254 g/mol. The van der Waals surface area contributed by atoms with E-state index in [0.717, 1.165) is 18.6 Å². The molecule has 2 saturated heterocycles. The van der Waals surface area contributed by atoms with E-state index < -0.39 is 11.5 Å². The highest BCUT2D eigenvalue weighted by molar-refractivity contribution is 7.99. The van der Waals surface area contributed by atoms with Gasteiger partial charge in [0.25, 0.3) is 0 Å². The SMILES string of the molecule is O=C(CC1CCOCC1)NC1(C(=O)O)CCSC1. The van der Waals surface area contributed by atoms with E-state index in [1.54, 1.807) is 11.8 Å². The van der Waals surface area contributed by atoms with Crippen LogP contribution in [0.4, 0.5) is 0 Å². The maximum atomic E-state index is 12.0. The van der Waals surface area contributed by atoms with E-state index >= 15 is 0 Å². The van der Waals surface area contributed by atoms with Crippen molar-refractivity contribution in [3.63, 3.8) is 0 Å².